The van der Waals surface area contributed by atoms with Gasteiger partial charge in [-0.3, -0.25) is 0 Å². The summed E-state index contributed by atoms with van der Waals surface area (Å²) in [7, 11) is 0. The molecule has 1 atom stereocenters. The van der Waals surface area contributed by atoms with Crippen molar-refractivity contribution in [3.8, 4) is 5.75 Å². The summed E-state index contributed by atoms with van der Waals surface area (Å²) in [4.78, 5) is 0. The van der Waals surface area contributed by atoms with Crippen LogP contribution in [0, 0.1) is 0 Å². The van der Waals surface area contributed by atoms with Crippen LogP contribution in [0.15, 0.2) is 12.1 Å². The number of hydrogen-bond donors (Lipinski definition) is 2. The molecule has 1 aliphatic rings. The molecule has 1 saturated heterocycles. The zero-order chi connectivity index (χ0) is 11.7. The van der Waals surface area contributed by atoms with Crippen LogP contribution >= 0.6 is 11.6 Å². The fourth-order valence-electron chi connectivity index (χ4n) is 2.26. The van der Waals surface area contributed by atoms with Crippen LogP contribution in [0.5, 0.6) is 5.75 Å². The predicted octanol–water partition coefficient (Wildman–Crippen LogP) is 3.59. The summed E-state index contributed by atoms with van der Waals surface area (Å²) in [6.45, 7) is 5.18. The van der Waals surface area contributed by atoms with Gasteiger partial charge in [-0.25, -0.2) is 0 Å². The lowest BCUT2D eigenvalue weighted by Gasteiger charge is -2.16. The number of rotatable bonds is 2. The Morgan fingerprint density at radius 2 is 2.19 bits per heavy atom. The predicted molar refractivity (Wildman–Crippen MR) is 67.2 cm³/mol. The summed E-state index contributed by atoms with van der Waals surface area (Å²) in [5, 5.41) is 14.2. The van der Waals surface area contributed by atoms with Crippen molar-refractivity contribution >= 4 is 11.6 Å². The quantitative estimate of drug-likeness (QED) is 0.827. The van der Waals surface area contributed by atoms with Gasteiger partial charge in [0.2, 0.25) is 0 Å². The molecule has 1 aliphatic heterocycles. The van der Waals surface area contributed by atoms with E-state index in [9.17, 15) is 5.11 Å². The third-order valence-electron chi connectivity index (χ3n) is 3.20. The van der Waals surface area contributed by atoms with E-state index in [1.165, 1.54) is 0 Å². The molecule has 0 amide bonds. The number of benzene rings is 1. The molecule has 1 unspecified atom stereocenters. The fourth-order valence-corrected chi connectivity index (χ4v) is 2.66. The SMILES string of the molecule is CC(C)c1cc(O)c(C2CCCN2)cc1Cl. The Morgan fingerprint density at radius 3 is 2.75 bits per heavy atom. The molecule has 88 valence electrons. The summed E-state index contributed by atoms with van der Waals surface area (Å²) >= 11 is 6.24. The maximum absolute atomic E-state index is 10.0. The van der Waals surface area contributed by atoms with Crippen molar-refractivity contribution in [1.82, 2.24) is 5.32 Å². The van der Waals surface area contributed by atoms with E-state index in [1.807, 2.05) is 12.1 Å². The van der Waals surface area contributed by atoms with E-state index in [1.54, 1.807) is 0 Å². The van der Waals surface area contributed by atoms with Gasteiger partial charge in [-0.2, -0.15) is 0 Å². The third kappa shape index (κ3) is 2.18. The van der Waals surface area contributed by atoms with Crippen LogP contribution in [0.25, 0.3) is 0 Å². The van der Waals surface area contributed by atoms with E-state index in [2.05, 4.69) is 19.2 Å². The largest absolute Gasteiger partial charge is 0.508 e. The van der Waals surface area contributed by atoms with Crippen molar-refractivity contribution < 1.29 is 5.11 Å². The molecule has 16 heavy (non-hydrogen) atoms. The van der Waals surface area contributed by atoms with E-state index in [-0.39, 0.29) is 6.04 Å². The lowest BCUT2D eigenvalue weighted by molar-refractivity contribution is 0.456. The van der Waals surface area contributed by atoms with Crippen LogP contribution in [-0.2, 0) is 0 Å². The monoisotopic (exact) mass is 239 g/mol. The van der Waals surface area contributed by atoms with Gasteiger partial charge in [0.25, 0.3) is 0 Å². The van der Waals surface area contributed by atoms with Crippen molar-refractivity contribution in [3.63, 3.8) is 0 Å². The highest BCUT2D eigenvalue weighted by Gasteiger charge is 2.21. The number of phenolic OH excluding ortho intramolecular Hbond substituents is 1. The van der Waals surface area contributed by atoms with Gasteiger partial charge in [-0.05, 0) is 43.0 Å². The van der Waals surface area contributed by atoms with Crippen molar-refractivity contribution in [2.75, 3.05) is 6.54 Å². The molecule has 0 aromatic heterocycles. The average Bonchev–Trinajstić information content (AvgIpc) is 2.73. The standard InChI is InChI=1S/C13H18ClNO/c1-8(2)9-7-13(16)10(6-11(9)14)12-4-3-5-15-12/h6-8,12,15-16H,3-5H2,1-2H3. The first-order valence-electron chi connectivity index (χ1n) is 5.85. The van der Waals surface area contributed by atoms with E-state index in [0.29, 0.717) is 11.7 Å². The number of nitrogens with one attached hydrogen (secondary N) is 1. The molecule has 0 bridgehead atoms. The summed E-state index contributed by atoms with van der Waals surface area (Å²) in [5.41, 5.74) is 1.95. The van der Waals surface area contributed by atoms with Crippen LogP contribution < -0.4 is 5.32 Å². The van der Waals surface area contributed by atoms with E-state index < -0.39 is 0 Å². The van der Waals surface area contributed by atoms with Gasteiger partial charge in [-0.15, -0.1) is 0 Å². The van der Waals surface area contributed by atoms with Crippen LogP contribution in [0.1, 0.15) is 49.8 Å². The molecule has 2 nitrogen and oxygen atoms in total. The maximum Gasteiger partial charge on any atom is 0.120 e. The van der Waals surface area contributed by atoms with Gasteiger partial charge in [0, 0.05) is 16.6 Å². The Kier molecular flexibility index (Phi) is 3.41. The van der Waals surface area contributed by atoms with Crippen molar-refractivity contribution in [3.05, 3.63) is 28.3 Å². The Bertz CT molecular complexity index is 384. The highest BCUT2D eigenvalue weighted by molar-refractivity contribution is 6.31. The Balaban J connectivity index is 2.37. The summed E-state index contributed by atoms with van der Waals surface area (Å²) in [5.74, 6) is 0.705. The van der Waals surface area contributed by atoms with Gasteiger partial charge in [0.05, 0.1) is 0 Å². The zero-order valence-electron chi connectivity index (χ0n) is 9.76. The number of phenols is 1. The molecule has 1 fully saturated rings. The van der Waals surface area contributed by atoms with Gasteiger partial charge < -0.3 is 10.4 Å². The van der Waals surface area contributed by atoms with E-state index >= 15 is 0 Å². The number of hydrogen-bond acceptors (Lipinski definition) is 2. The summed E-state index contributed by atoms with van der Waals surface area (Å²) in [6.07, 6.45) is 2.23. The van der Waals surface area contributed by atoms with Crippen molar-refractivity contribution in [2.45, 2.75) is 38.6 Å². The number of halogens is 1. The first-order chi connectivity index (χ1) is 7.59. The molecule has 3 heteroatoms. The number of aromatic hydroxyl groups is 1. The first kappa shape index (κ1) is 11.7. The molecule has 2 N–H and O–H groups in total. The summed E-state index contributed by atoms with van der Waals surface area (Å²) < 4.78 is 0. The average molecular weight is 240 g/mol. The highest BCUT2D eigenvalue weighted by Crippen LogP contribution is 2.36. The van der Waals surface area contributed by atoms with Crippen molar-refractivity contribution in [2.24, 2.45) is 0 Å². The molecule has 1 heterocycles. The van der Waals surface area contributed by atoms with Crippen LogP contribution in [0.2, 0.25) is 5.02 Å². The fraction of sp³-hybridized carbons (Fsp3) is 0.538. The first-order valence-corrected chi connectivity index (χ1v) is 6.23. The van der Waals surface area contributed by atoms with Crippen LogP contribution in [-0.4, -0.2) is 11.7 Å². The Labute approximate surface area is 102 Å². The molecule has 1 aromatic carbocycles. The highest BCUT2D eigenvalue weighted by atomic mass is 35.5. The van der Waals surface area contributed by atoms with Crippen LogP contribution in [0.3, 0.4) is 0 Å². The Morgan fingerprint density at radius 1 is 1.44 bits per heavy atom. The van der Waals surface area contributed by atoms with Crippen LogP contribution in [0.4, 0.5) is 0 Å². The molecular formula is C13H18ClNO. The normalized spacial score (nSPS) is 20.6. The van der Waals surface area contributed by atoms with E-state index in [0.717, 1.165) is 35.5 Å². The molecule has 0 aliphatic carbocycles. The topological polar surface area (TPSA) is 32.3 Å². The van der Waals surface area contributed by atoms with Crippen molar-refractivity contribution in [1.29, 1.82) is 0 Å². The third-order valence-corrected chi connectivity index (χ3v) is 3.53. The molecular weight excluding hydrogens is 222 g/mol. The minimum Gasteiger partial charge on any atom is -0.508 e. The lowest BCUT2D eigenvalue weighted by Crippen LogP contribution is -2.13. The molecule has 1 aromatic rings. The molecule has 2 rings (SSSR count). The van der Waals surface area contributed by atoms with E-state index in [4.69, 9.17) is 11.6 Å². The lowest BCUT2D eigenvalue weighted by atomic mass is 9.97. The molecule has 0 saturated carbocycles. The second-order valence-corrected chi connectivity index (χ2v) is 5.14. The Hall–Kier alpha value is -0.730. The minimum absolute atomic E-state index is 0.263. The smallest absolute Gasteiger partial charge is 0.120 e. The van der Waals surface area contributed by atoms with Gasteiger partial charge in [0.1, 0.15) is 5.75 Å². The zero-order valence-corrected chi connectivity index (χ0v) is 10.5. The molecule has 0 spiro atoms. The minimum atomic E-state index is 0.263. The second kappa shape index (κ2) is 4.64. The maximum atomic E-state index is 10.0. The van der Waals surface area contributed by atoms with Gasteiger partial charge >= 0.3 is 0 Å². The second-order valence-electron chi connectivity index (χ2n) is 4.74. The van der Waals surface area contributed by atoms with Gasteiger partial charge in [-0.1, -0.05) is 25.4 Å². The molecule has 0 radical (unpaired) electrons. The van der Waals surface area contributed by atoms with Gasteiger partial charge in [0.15, 0.2) is 0 Å². The summed E-state index contributed by atoms with van der Waals surface area (Å²) in [6, 6.07) is 3.98.